The molecular weight excluding hydrogens is 322 g/mol. The predicted molar refractivity (Wildman–Crippen MR) is 96.4 cm³/mol. The van der Waals surface area contributed by atoms with Crippen LogP contribution in [0.4, 0.5) is 0 Å². The van der Waals surface area contributed by atoms with Gasteiger partial charge in [0.25, 0.3) is 0 Å². The average Bonchev–Trinajstić information content (AvgIpc) is 2.88. The van der Waals surface area contributed by atoms with Gasteiger partial charge < -0.3 is 0 Å². The van der Waals surface area contributed by atoms with Crippen molar-refractivity contribution in [3.8, 4) is 0 Å². The minimum absolute atomic E-state index is 0.294. The second-order valence-corrected chi connectivity index (χ2v) is 8.32. The van der Waals surface area contributed by atoms with Crippen LogP contribution in [0.25, 0.3) is 0 Å². The number of rotatable bonds is 7. The number of sulfonamides is 1. The normalized spacial score (nSPS) is 13.4. The summed E-state index contributed by atoms with van der Waals surface area (Å²) in [7, 11) is -3.55. The first-order valence-corrected chi connectivity index (χ1v) is 9.86. The van der Waals surface area contributed by atoms with Gasteiger partial charge >= 0.3 is 0 Å². The van der Waals surface area contributed by atoms with E-state index in [1.807, 2.05) is 43.8 Å². The standard InChI is InChI=1S/C18H27N3O2S/c1-6-21-12-18(14(4)19-21)15(5)20-24(22,23)17-9-7-16(8-10-17)11-13(2)3/h7-10,12-13,15,20H,6,11H2,1-5H3. The highest BCUT2D eigenvalue weighted by atomic mass is 32.2. The molecule has 0 saturated carbocycles. The van der Waals surface area contributed by atoms with Gasteiger partial charge in [-0.3, -0.25) is 4.68 Å². The van der Waals surface area contributed by atoms with Crippen molar-refractivity contribution in [3.63, 3.8) is 0 Å². The van der Waals surface area contributed by atoms with Crippen LogP contribution in [0.3, 0.4) is 0 Å². The van der Waals surface area contributed by atoms with Crippen LogP contribution in [-0.2, 0) is 23.0 Å². The topological polar surface area (TPSA) is 64.0 Å². The van der Waals surface area contributed by atoms with E-state index in [0.29, 0.717) is 10.8 Å². The van der Waals surface area contributed by atoms with Gasteiger partial charge in [0.2, 0.25) is 10.0 Å². The molecule has 0 aliphatic carbocycles. The summed E-state index contributed by atoms with van der Waals surface area (Å²) >= 11 is 0. The van der Waals surface area contributed by atoms with Crippen molar-refractivity contribution in [3.05, 3.63) is 47.3 Å². The minimum atomic E-state index is -3.55. The second kappa shape index (κ2) is 7.49. The Bertz CT molecular complexity index is 777. The Morgan fingerprint density at radius 2 is 1.79 bits per heavy atom. The molecule has 6 heteroatoms. The van der Waals surface area contributed by atoms with Gasteiger partial charge in [-0.25, -0.2) is 13.1 Å². The number of aryl methyl sites for hydroxylation is 2. The summed E-state index contributed by atoms with van der Waals surface area (Å²) in [5.41, 5.74) is 2.90. The molecule has 24 heavy (non-hydrogen) atoms. The van der Waals surface area contributed by atoms with Crippen LogP contribution in [0.1, 0.15) is 50.6 Å². The van der Waals surface area contributed by atoms with Crippen molar-refractivity contribution in [2.75, 3.05) is 0 Å². The fourth-order valence-corrected chi connectivity index (χ4v) is 3.98. The Kier molecular flexibility index (Phi) is 5.83. The van der Waals surface area contributed by atoms with Crippen LogP contribution >= 0.6 is 0 Å². The maximum absolute atomic E-state index is 12.6. The molecule has 0 fully saturated rings. The van der Waals surface area contributed by atoms with Gasteiger partial charge in [-0.1, -0.05) is 26.0 Å². The Morgan fingerprint density at radius 1 is 1.17 bits per heavy atom. The zero-order valence-corrected chi connectivity index (χ0v) is 15.9. The van der Waals surface area contributed by atoms with Crippen LogP contribution in [0.5, 0.6) is 0 Å². The first-order chi connectivity index (χ1) is 11.2. The molecule has 0 bridgehead atoms. The van der Waals surface area contributed by atoms with E-state index >= 15 is 0 Å². The Balaban J connectivity index is 2.16. The zero-order valence-electron chi connectivity index (χ0n) is 15.1. The first-order valence-electron chi connectivity index (χ1n) is 8.38. The van der Waals surface area contributed by atoms with Gasteiger partial charge in [-0.15, -0.1) is 0 Å². The molecule has 0 aliphatic rings. The lowest BCUT2D eigenvalue weighted by molar-refractivity contribution is 0.566. The number of nitrogens with one attached hydrogen (secondary N) is 1. The van der Waals surface area contributed by atoms with Crippen LogP contribution in [0, 0.1) is 12.8 Å². The highest BCUT2D eigenvalue weighted by Crippen LogP contribution is 2.20. The summed E-state index contributed by atoms with van der Waals surface area (Å²) in [6.07, 6.45) is 2.84. The van der Waals surface area contributed by atoms with Gasteiger partial charge in [0.1, 0.15) is 0 Å². The van der Waals surface area contributed by atoms with E-state index in [1.165, 1.54) is 0 Å². The Labute approximate surface area is 145 Å². The molecule has 2 rings (SSSR count). The average molecular weight is 350 g/mol. The largest absolute Gasteiger partial charge is 0.272 e. The van der Waals surface area contributed by atoms with Crippen molar-refractivity contribution in [2.45, 2.75) is 58.5 Å². The van der Waals surface area contributed by atoms with Crippen LogP contribution in [-0.4, -0.2) is 18.2 Å². The van der Waals surface area contributed by atoms with Gasteiger partial charge in [-0.05, 0) is 50.8 Å². The molecular formula is C18H27N3O2S. The van der Waals surface area contributed by atoms with E-state index in [4.69, 9.17) is 0 Å². The summed E-state index contributed by atoms with van der Waals surface area (Å²) in [5, 5.41) is 4.37. The lowest BCUT2D eigenvalue weighted by Gasteiger charge is -2.14. The van der Waals surface area contributed by atoms with Crippen molar-refractivity contribution >= 4 is 10.0 Å². The molecule has 0 saturated heterocycles. The summed E-state index contributed by atoms with van der Waals surface area (Å²) in [6.45, 7) is 10.8. The fraction of sp³-hybridized carbons (Fsp3) is 0.500. The highest BCUT2D eigenvalue weighted by Gasteiger charge is 2.21. The van der Waals surface area contributed by atoms with E-state index in [-0.39, 0.29) is 6.04 Å². The number of nitrogens with zero attached hydrogens (tertiary/aromatic N) is 2. The Morgan fingerprint density at radius 3 is 2.29 bits per heavy atom. The van der Waals surface area contributed by atoms with Gasteiger partial charge in [0.15, 0.2) is 0 Å². The summed E-state index contributed by atoms with van der Waals surface area (Å²) in [6, 6.07) is 6.80. The molecule has 0 amide bonds. The highest BCUT2D eigenvalue weighted by molar-refractivity contribution is 7.89. The lowest BCUT2D eigenvalue weighted by Crippen LogP contribution is -2.27. The van der Waals surface area contributed by atoms with Crippen molar-refractivity contribution < 1.29 is 8.42 Å². The van der Waals surface area contributed by atoms with E-state index in [0.717, 1.165) is 29.8 Å². The number of benzene rings is 1. The first kappa shape index (κ1) is 18.7. The molecule has 132 valence electrons. The number of hydrogen-bond acceptors (Lipinski definition) is 3. The van der Waals surface area contributed by atoms with E-state index in [1.54, 1.807) is 12.1 Å². The molecule has 1 N–H and O–H groups in total. The van der Waals surface area contributed by atoms with Crippen LogP contribution in [0.2, 0.25) is 0 Å². The molecule has 1 aromatic carbocycles. The van der Waals surface area contributed by atoms with Crippen molar-refractivity contribution in [2.24, 2.45) is 5.92 Å². The van der Waals surface area contributed by atoms with Crippen molar-refractivity contribution in [1.82, 2.24) is 14.5 Å². The molecule has 0 radical (unpaired) electrons. The quantitative estimate of drug-likeness (QED) is 0.833. The maximum atomic E-state index is 12.6. The molecule has 2 aromatic rings. The molecule has 5 nitrogen and oxygen atoms in total. The molecule has 1 aromatic heterocycles. The van der Waals surface area contributed by atoms with E-state index in [2.05, 4.69) is 23.7 Å². The third kappa shape index (κ3) is 4.45. The third-order valence-electron chi connectivity index (χ3n) is 3.98. The van der Waals surface area contributed by atoms with E-state index in [9.17, 15) is 8.42 Å². The van der Waals surface area contributed by atoms with Crippen LogP contribution < -0.4 is 4.72 Å². The molecule has 0 aliphatic heterocycles. The van der Waals surface area contributed by atoms with E-state index < -0.39 is 10.0 Å². The minimum Gasteiger partial charge on any atom is -0.272 e. The maximum Gasteiger partial charge on any atom is 0.241 e. The van der Waals surface area contributed by atoms with Crippen LogP contribution in [0.15, 0.2) is 35.4 Å². The predicted octanol–water partition coefficient (Wildman–Crippen LogP) is 3.45. The molecule has 1 atom stereocenters. The molecule has 1 heterocycles. The monoisotopic (exact) mass is 349 g/mol. The second-order valence-electron chi connectivity index (χ2n) is 6.61. The molecule has 0 spiro atoms. The summed E-state index contributed by atoms with van der Waals surface area (Å²) in [5.74, 6) is 0.545. The zero-order chi connectivity index (χ0) is 17.9. The number of aromatic nitrogens is 2. The summed E-state index contributed by atoms with van der Waals surface area (Å²) < 4.78 is 29.8. The Hall–Kier alpha value is -1.66. The summed E-state index contributed by atoms with van der Waals surface area (Å²) in [4.78, 5) is 0.294. The third-order valence-corrected chi connectivity index (χ3v) is 5.54. The van der Waals surface area contributed by atoms with Crippen molar-refractivity contribution in [1.29, 1.82) is 0 Å². The fourth-order valence-electron chi connectivity index (χ4n) is 2.76. The lowest BCUT2D eigenvalue weighted by atomic mass is 10.0. The van der Waals surface area contributed by atoms with Gasteiger partial charge in [0.05, 0.1) is 10.6 Å². The SMILES string of the molecule is CCn1cc(C(C)NS(=O)(=O)c2ccc(CC(C)C)cc2)c(C)n1. The van der Waals surface area contributed by atoms with Gasteiger partial charge in [-0.2, -0.15) is 5.10 Å². The number of hydrogen-bond donors (Lipinski definition) is 1. The smallest absolute Gasteiger partial charge is 0.241 e. The van der Waals surface area contributed by atoms with Gasteiger partial charge in [0, 0.05) is 24.3 Å². The molecule has 1 unspecified atom stereocenters.